The van der Waals surface area contributed by atoms with Crippen molar-refractivity contribution in [2.45, 2.75) is 103 Å². The maximum absolute atomic E-state index is 13.2. The number of likely N-dealkylation sites (tertiary alicyclic amines) is 1. The van der Waals surface area contributed by atoms with Gasteiger partial charge in [0, 0.05) is 13.1 Å². The molecule has 2 saturated heterocycles. The summed E-state index contributed by atoms with van der Waals surface area (Å²) in [6.07, 6.45) is 4.24. The molecule has 6 rings (SSSR count). The first-order valence-electron chi connectivity index (χ1n) is 14.3. The number of urea groups is 1. The van der Waals surface area contributed by atoms with Crippen LogP contribution in [0.25, 0.3) is 0 Å². The Balaban J connectivity index is 1.23. The van der Waals surface area contributed by atoms with E-state index >= 15 is 0 Å². The van der Waals surface area contributed by atoms with Crippen LogP contribution < -0.4 is 10.6 Å². The Bertz CT molecular complexity index is 1030. The van der Waals surface area contributed by atoms with Crippen LogP contribution in [0.3, 0.4) is 0 Å². The number of carbonyl (C=O) groups excluding carboxylic acids is 2. The fraction of sp³-hybridized carbons (Fsp3) is 0.724. The lowest BCUT2D eigenvalue weighted by atomic mass is 9.43. The maximum atomic E-state index is 13.2. The van der Waals surface area contributed by atoms with Gasteiger partial charge in [0.05, 0.1) is 23.7 Å². The Morgan fingerprint density at radius 3 is 2.61 bits per heavy atom. The summed E-state index contributed by atoms with van der Waals surface area (Å²) in [6.45, 7) is 13.5. The van der Waals surface area contributed by atoms with Crippen molar-refractivity contribution >= 4 is 19.2 Å². The molecule has 6 atom stereocenters. The van der Waals surface area contributed by atoms with Gasteiger partial charge < -0.3 is 29.6 Å². The van der Waals surface area contributed by atoms with E-state index in [0.29, 0.717) is 31.3 Å². The largest absolute Gasteiger partial charge is 0.482 e. The molecule has 38 heavy (non-hydrogen) atoms. The SMILES string of the molecule is CC(C)(C)OC(=O)N1CCC[C@H]1CNC(=O)N[C@@H](Cc1ccccc1)B1O[C@@H]2C[C@@H]3C[C@@H](C3(C)C)[C@]2(C)O1. The van der Waals surface area contributed by atoms with E-state index in [2.05, 4.69) is 43.5 Å². The zero-order valence-corrected chi connectivity index (χ0v) is 23.8. The van der Waals surface area contributed by atoms with Crippen LogP contribution in [0.2, 0.25) is 0 Å². The second-order valence-corrected chi connectivity index (χ2v) is 13.5. The summed E-state index contributed by atoms with van der Waals surface area (Å²) in [5, 5.41) is 6.16. The average Bonchev–Trinajstić information content (AvgIpc) is 3.45. The number of hydrogen-bond acceptors (Lipinski definition) is 5. The number of ether oxygens (including phenoxy) is 1. The highest BCUT2D eigenvalue weighted by molar-refractivity contribution is 6.48. The second-order valence-electron chi connectivity index (χ2n) is 13.5. The first-order valence-corrected chi connectivity index (χ1v) is 14.3. The van der Waals surface area contributed by atoms with Crippen LogP contribution in [0.15, 0.2) is 30.3 Å². The van der Waals surface area contributed by atoms with Gasteiger partial charge in [0.15, 0.2) is 0 Å². The van der Waals surface area contributed by atoms with Gasteiger partial charge in [0.25, 0.3) is 0 Å². The van der Waals surface area contributed by atoms with Crippen LogP contribution >= 0.6 is 0 Å². The van der Waals surface area contributed by atoms with E-state index in [1.165, 1.54) is 6.42 Å². The van der Waals surface area contributed by atoms with E-state index in [4.69, 9.17) is 14.0 Å². The van der Waals surface area contributed by atoms with Crippen LogP contribution in [0.5, 0.6) is 0 Å². The van der Waals surface area contributed by atoms with Crippen LogP contribution in [-0.2, 0) is 20.5 Å². The smallest absolute Gasteiger partial charge is 0.444 e. The van der Waals surface area contributed by atoms with Crippen LogP contribution in [0.4, 0.5) is 9.59 Å². The first kappa shape index (κ1) is 27.3. The topological polar surface area (TPSA) is 89.1 Å². The van der Waals surface area contributed by atoms with Crippen LogP contribution in [0.1, 0.15) is 72.8 Å². The minimum absolute atomic E-state index is 0.0493. The van der Waals surface area contributed by atoms with Crippen molar-refractivity contribution in [1.29, 1.82) is 0 Å². The number of benzene rings is 1. The van der Waals surface area contributed by atoms with Gasteiger partial charge in [-0.25, -0.2) is 9.59 Å². The summed E-state index contributed by atoms with van der Waals surface area (Å²) in [4.78, 5) is 27.5. The molecule has 0 unspecified atom stereocenters. The molecule has 5 aliphatic rings. The maximum Gasteiger partial charge on any atom is 0.482 e. The molecule has 3 aliphatic carbocycles. The summed E-state index contributed by atoms with van der Waals surface area (Å²) in [6, 6.07) is 9.77. The van der Waals surface area contributed by atoms with Gasteiger partial charge in [-0.05, 0) is 82.6 Å². The highest BCUT2D eigenvalue weighted by atomic mass is 16.7. The van der Waals surface area contributed by atoms with Crippen molar-refractivity contribution in [3.63, 3.8) is 0 Å². The van der Waals surface area contributed by atoms with Gasteiger partial charge >= 0.3 is 19.2 Å². The van der Waals surface area contributed by atoms with Crippen molar-refractivity contribution in [2.24, 2.45) is 17.3 Å². The summed E-state index contributed by atoms with van der Waals surface area (Å²) >= 11 is 0. The van der Waals surface area contributed by atoms with Gasteiger partial charge in [-0.2, -0.15) is 0 Å². The molecule has 0 radical (unpaired) electrons. The molecular weight excluding hydrogens is 481 g/mol. The molecule has 2 heterocycles. The number of nitrogens with one attached hydrogen (secondary N) is 2. The fourth-order valence-corrected chi connectivity index (χ4v) is 7.19. The second kappa shape index (κ2) is 10.0. The lowest BCUT2D eigenvalue weighted by molar-refractivity contribution is -0.199. The van der Waals surface area contributed by atoms with E-state index in [0.717, 1.165) is 24.8 Å². The van der Waals surface area contributed by atoms with E-state index < -0.39 is 12.7 Å². The third-order valence-corrected chi connectivity index (χ3v) is 9.42. The number of hydrogen-bond donors (Lipinski definition) is 2. The Morgan fingerprint density at radius 1 is 1.18 bits per heavy atom. The standard InChI is InChI=1S/C29H44BN3O5/c1-27(2,3)36-26(35)33-14-10-13-21(33)18-31-25(34)32-24(15-19-11-8-7-9-12-19)30-37-23-17-20-16-22(28(20,4)5)29(23,6)38-30/h7-9,11-12,20-24H,10,13-18H2,1-6H3,(H2,31,32,34)/t20-,21-,22-,23+,24-,29-/m0/s1. The molecule has 8 nitrogen and oxygen atoms in total. The molecular formula is C29H44BN3O5. The molecule has 5 fully saturated rings. The zero-order chi connectivity index (χ0) is 27.3. The molecule has 1 aromatic rings. The van der Waals surface area contributed by atoms with Crippen molar-refractivity contribution in [3.8, 4) is 0 Å². The van der Waals surface area contributed by atoms with Crippen LogP contribution in [0, 0.1) is 17.3 Å². The van der Waals surface area contributed by atoms with E-state index in [1.54, 1.807) is 4.90 Å². The zero-order valence-electron chi connectivity index (χ0n) is 23.8. The van der Waals surface area contributed by atoms with E-state index in [9.17, 15) is 9.59 Å². The fourth-order valence-electron chi connectivity index (χ4n) is 7.19. The van der Waals surface area contributed by atoms with Gasteiger partial charge in [0.1, 0.15) is 5.60 Å². The average molecular weight is 525 g/mol. The van der Waals surface area contributed by atoms with Crippen molar-refractivity contribution < 1.29 is 23.6 Å². The quantitative estimate of drug-likeness (QED) is 0.532. The Kier molecular flexibility index (Phi) is 7.22. The minimum Gasteiger partial charge on any atom is -0.444 e. The number of nitrogens with zero attached hydrogens (tertiary/aromatic N) is 1. The van der Waals surface area contributed by atoms with Gasteiger partial charge in [-0.1, -0.05) is 44.2 Å². The Labute approximate surface area is 227 Å². The third-order valence-electron chi connectivity index (χ3n) is 9.42. The lowest BCUT2D eigenvalue weighted by Crippen LogP contribution is -2.65. The third kappa shape index (κ3) is 5.28. The molecule has 0 aromatic heterocycles. The first-order chi connectivity index (χ1) is 17.9. The molecule has 208 valence electrons. The van der Waals surface area contributed by atoms with E-state index in [1.807, 2.05) is 39.0 Å². The van der Waals surface area contributed by atoms with Crippen LogP contribution in [-0.4, -0.2) is 66.5 Å². The molecule has 9 heteroatoms. The number of carbonyl (C=O) groups is 2. The minimum atomic E-state index is -0.551. The van der Waals surface area contributed by atoms with Gasteiger partial charge in [0.2, 0.25) is 0 Å². The van der Waals surface area contributed by atoms with Crippen molar-refractivity contribution in [1.82, 2.24) is 15.5 Å². The molecule has 2 aliphatic heterocycles. The predicted octanol–water partition coefficient (Wildman–Crippen LogP) is 4.56. The summed E-state index contributed by atoms with van der Waals surface area (Å²) in [5.74, 6) is 0.776. The number of rotatable bonds is 6. The van der Waals surface area contributed by atoms with Gasteiger partial charge in [-0.15, -0.1) is 0 Å². The molecule has 2 bridgehead atoms. The normalized spacial score (nSPS) is 32.3. The highest BCUT2D eigenvalue weighted by Crippen LogP contribution is 2.65. The molecule has 1 aromatic carbocycles. The molecule has 3 saturated carbocycles. The van der Waals surface area contributed by atoms with E-state index in [-0.39, 0.29) is 41.2 Å². The lowest BCUT2D eigenvalue weighted by Gasteiger charge is -2.64. The molecule has 0 spiro atoms. The highest BCUT2D eigenvalue weighted by Gasteiger charge is 2.68. The molecule has 3 amide bonds. The van der Waals surface area contributed by atoms with Crippen molar-refractivity contribution in [3.05, 3.63) is 35.9 Å². The summed E-state index contributed by atoms with van der Waals surface area (Å²) < 4.78 is 18.8. The number of amides is 3. The van der Waals surface area contributed by atoms with Crippen molar-refractivity contribution in [2.75, 3.05) is 13.1 Å². The Morgan fingerprint density at radius 2 is 1.92 bits per heavy atom. The molecule has 2 N–H and O–H groups in total. The Hall–Kier alpha value is -2.26. The summed E-state index contributed by atoms with van der Waals surface area (Å²) in [5.41, 5.74) is 0.476. The predicted molar refractivity (Wildman–Crippen MR) is 147 cm³/mol. The summed E-state index contributed by atoms with van der Waals surface area (Å²) in [7, 11) is -0.518. The van der Waals surface area contributed by atoms with Gasteiger partial charge in [-0.3, -0.25) is 0 Å². The monoisotopic (exact) mass is 525 g/mol.